The van der Waals surface area contributed by atoms with Gasteiger partial charge >= 0.3 is 0 Å². The van der Waals surface area contributed by atoms with E-state index in [0.29, 0.717) is 0 Å². The van der Waals surface area contributed by atoms with Crippen LogP contribution in [-0.4, -0.2) is 0 Å². The van der Waals surface area contributed by atoms with Gasteiger partial charge in [-0.15, -0.1) is 0 Å². The molecule has 0 amide bonds. The Morgan fingerprint density at radius 1 is 0.588 bits per heavy atom. The van der Waals surface area contributed by atoms with Gasteiger partial charge in [0.25, 0.3) is 0 Å². The fraction of sp³-hybridized carbons (Fsp3) is 1.00. The molecule has 0 atom stereocenters. The number of rotatable bonds is 2. The molecule has 1 heteroatoms. The minimum Gasteiger partial charge on any atom is -0.0625 e. The van der Waals surface area contributed by atoms with Crippen molar-refractivity contribution in [2.75, 3.05) is 0 Å². The summed E-state index contributed by atoms with van der Waals surface area (Å²) in [5.41, 5.74) is 0. The molecule has 2 fully saturated rings. The van der Waals surface area contributed by atoms with Crippen LogP contribution in [0.15, 0.2) is 0 Å². The smallest absolute Gasteiger partial charge is 0 e. The van der Waals surface area contributed by atoms with Gasteiger partial charge in [0.2, 0.25) is 0 Å². The molecule has 0 aromatic rings. The quantitative estimate of drug-likeness (QED) is 0.610. The van der Waals surface area contributed by atoms with Crippen molar-refractivity contribution >= 4 is 0 Å². The maximum Gasteiger partial charge on any atom is 0 e. The summed E-state index contributed by atoms with van der Waals surface area (Å²) < 4.78 is 0. The number of hydrogen-bond donors (Lipinski definition) is 0. The summed E-state index contributed by atoms with van der Waals surface area (Å²) >= 11 is 0. The van der Waals surface area contributed by atoms with Crippen LogP contribution in [0.4, 0.5) is 0 Å². The number of hydrogen-bond acceptors (Lipinski definition) is 0. The Balaban J connectivity index is 0.000000284. The second kappa shape index (κ2) is 9.46. The molecule has 0 aliphatic heterocycles. The van der Waals surface area contributed by atoms with E-state index < -0.39 is 0 Å². The summed E-state index contributed by atoms with van der Waals surface area (Å²) in [6.07, 6.45) is 11.9. The molecule has 0 heterocycles. The first-order valence-electron chi connectivity index (χ1n) is 7.61. The molecule has 0 aromatic carbocycles. The van der Waals surface area contributed by atoms with E-state index in [1.165, 1.54) is 51.4 Å². The second-order valence-corrected chi connectivity index (χ2v) is 6.58. The summed E-state index contributed by atoms with van der Waals surface area (Å²) in [6, 6.07) is 0. The molecule has 2 rings (SSSR count). The third kappa shape index (κ3) is 6.88. The second-order valence-electron chi connectivity index (χ2n) is 6.58. The summed E-state index contributed by atoms with van der Waals surface area (Å²) in [5.74, 6) is 4.01. The fourth-order valence-electron chi connectivity index (χ4n) is 3.25. The Morgan fingerprint density at radius 2 is 0.824 bits per heavy atom. The van der Waals surface area contributed by atoms with Crippen LogP contribution in [-0.2, 0) is 17.4 Å². The minimum atomic E-state index is 0. The molecular formula is C16H32Cr. The largest absolute Gasteiger partial charge is 0.0625 e. The van der Waals surface area contributed by atoms with Crippen LogP contribution in [0.2, 0.25) is 0 Å². The van der Waals surface area contributed by atoms with Gasteiger partial charge in [-0.1, -0.05) is 79.1 Å². The van der Waals surface area contributed by atoms with Crippen molar-refractivity contribution in [2.45, 2.75) is 79.1 Å². The predicted octanol–water partition coefficient (Wildman–Crippen LogP) is 5.66. The Labute approximate surface area is 120 Å². The van der Waals surface area contributed by atoms with E-state index in [2.05, 4.69) is 27.7 Å². The Bertz CT molecular complexity index is 142. The zero-order valence-electron chi connectivity index (χ0n) is 12.4. The van der Waals surface area contributed by atoms with Crippen molar-refractivity contribution in [1.29, 1.82) is 0 Å². The standard InChI is InChI=1S/2C8H16.Cr/c2*1-7(2)8-5-3-4-6-8;/h2*7-8H,3-6H2,1-2H3;. The summed E-state index contributed by atoms with van der Waals surface area (Å²) in [6.45, 7) is 9.37. The van der Waals surface area contributed by atoms with Crippen molar-refractivity contribution in [3.8, 4) is 0 Å². The van der Waals surface area contributed by atoms with E-state index in [4.69, 9.17) is 0 Å². The van der Waals surface area contributed by atoms with Gasteiger partial charge < -0.3 is 0 Å². The van der Waals surface area contributed by atoms with Crippen LogP contribution in [0.1, 0.15) is 79.1 Å². The third-order valence-corrected chi connectivity index (χ3v) is 4.69. The van der Waals surface area contributed by atoms with Crippen LogP contribution < -0.4 is 0 Å². The average molecular weight is 276 g/mol. The first-order valence-corrected chi connectivity index (χ1v) is 7.61. The van der Waals surface area contributed by atoms with E-state index in [1.807, 2.05) is 0 Å². The SMILES string of the molecule is CC(C)C1CCCC1.CC(C)C1CCCC1.[Cr]. The molecule has 0 bridgehead atoms. The zero-order valence-corrected chi connectivity index (χ0v) is 13.6. The van der Waals surface area contributed by atoms with Crippen LogP contribution in [0, 0.1) is 23.7 Å². The Kier molecular flexibility index (Phi) is 9.76. The van der Waals surface area contributed by atoms with E-state index in [-0.39, 0.29) is 17.4 Å². The molecule has 0 spiro atoms. The van der Waals surface area contributed by atoms with E-state index in [0.717, 1.165) is 23.7 Å². The molecule has 2 aliphatic rings. The summed E-state index contributed by atoms with van der Waals surface area (Å²) in [4.78, 5) is 0. The van der Waals surface area contributed by atoms with Gasteiger partial charge in [-0.05, 0) is 23.7 Å². The van der Waals surface area contributed by atoms with Gasteiger partial charge in [-0.2, -0.15) is 0 Å². The molecule has 0 nitrogen and oxygen atoms in total. The molecule has 17 heavy (non-hydrogen) atoms. The van der Waals surface area contributed by atoms with Gasteiger partial charge in [0.05, 0.1) is 0 Å². The van der Waals surface area contributed by atoms with Crippen LogP contribution in [0.3, 0.4) is 0 Å². The predicted molar refractivity (Wildman–Crippen MR) is 73.6 cm³/mol. The molecule has 0 aromatic heterocycles. The van der Waals surface area contributed by atoms with Crippen molar-refractivity contribution in [2.24, 2.45) is 23.7 Å². The van der Waals surface area contributed by atoms with Gasteiger partial charge in [-0.3, -0.25) is 0 Å². The molecular weight excluding hydrogens is 244 g/mol. The zero-order chi connectivity index (χ0) is 12.0. The Morgan fingerprint density at radius 3 is 0.941 bits per heavy atom. The molecule has 0 unspecified atom stereocenters. The van der Waals surface area contributed by atoms with Gasteiger partial charge in [0.1, 0.15) is 0 Å². The van der Waals surface area contributed by atoms with Crippen molar-refractivity contribution in [3.63, 3.8) is 0 Å². The molecule has 0 N–H and O–H groups in total. The van der Waals surface area contributed by atoms with Crippen LogP contribution in [0.25, 0.3) is 0 Å². The van der Waals surface area contributed by atoms with Crippen molar-refractivity contribution in [1.82, 2.24) is 0 Å². The van der Waals surface area contributed by atoms with Crippen molar-refractivity contribution in [3.05, 3.63) is 0 Å². The molecule has 0 radical (unpaired) electrons. The van der Waals surface area contributed by atoms with E-state index in [1.54, 1.807) is 0 Å². The van der Waals surface area contributed by atoms with E-state index >= 15 is 0 Å². The van der Waals surface area contributed by atoms with Crippen LogP contribution in [0.5, 0.6) is 0 Å². The van der Waals surface area contributed by atoms with Gasteiger partial charge in [0, 0.05) is 17.4 Å². The first-order chi connectivity index (χ1) is 7.61. The molecule has 0 saturated heterocycles. The summed E-state index contributed by atoms with van der Waals surface area (Å²) in [5, 5.41) is 0. The minimum absolute atomic E-state index is 0. The third-order valence-electron chi connectivity index (χ3n) is 4.69. The topological polar surface area (TPSA) is 0 Å². The van der Waals surface area contributed by atoms with Crippen molar-refractivity contribution < 1.29 is 17.4 Å². The maximum absolute atomic E-state index is 2.34. The van der Waals surface area contributed by atoms with Gasteiger partial charge in [0.15, 0.2) is 0 Å². The normalized spacial score (nSPS) is 21.5. The monoisotopic (exact) mass is 276 g/mol. The summed E-state index contributed by atoms with van der Waals surface area (Å²) in [7, 11) is 0. The maximum atomic E-state index is 2.34. The fourth-order valence-corrected chi connectivity index (χ4v) is 3.25. The first kappa shape index (κ1) is 17.5. The van der Waals surface area contributed by atoms with Crippen LogP contribution >= 0.6 is 0 Å². The molecule has 2 aliphatic carbocycles. The van der Waals surface area contributed by atoms with E-state index in [9.17, 15) is 0 Å². The molecule has 102 valence electrons. The molecule has 2 saturated carbocycles. The average Bonchev–Trinajstić information content (AvgIpc) is 2.93. The Hall–Kier alpha value is 0.532. The van der Waals surface area contributed by atoms with Gasteiger partial charge in [-0.25, -0.2) is 0 Å².